The molecule has 2 heterocycles. The highest BCUT2D eigenvalue weighted by Gasteiger charge is 2.14. The van der Waals surface area contributed by atoms with Crippen LogP contribution in [0.5, 0.6) is 0 Å². The normalized spacial score (nSPS) is 12.2. The summed E-state index contributed by atoms with van der Waals surface area (Å²) in [7, 11) is 0. The van der Waals surface area contributed by atoms with Crippen molar-refractivity contribution in [1.82, 2.24) is 10.3 Å². The third-order valence-corrected chi connectivity index (χ3v) is 3.82. The molecule has 1 unspecified atom stereocenters. The number of rotatable bonds is 7. The van der Waals surface area contributed by atoms with E-state index >= 15 is 0 Å². The van der Waals surface area contributed by atoms with Crippen LogP contribution < -0.4 is 10.6 Å². The number of carbonyl (C=O) groups excluding carboxylic acids is 2. The molecule has 2 rings (SSSR count). The lowest BCUT2D eigenvalue weighted by molar-refractivity contribution is -0.121. The number of aromatic nitrogens is 1. The summed E-state index contributed by atoms with van der Waals surface area (Å²) in [5.74, 6) is -0.106. The molecule has 0 radical (unpaired) electrons. The molecule has 0 bridgehead atoms. The average Bonchev–Trinajstić information content (AvgIpc) is 3.16. The van der Waals surface area contributed by atoms with Crippen molar-refractivity contribution in [2.24, 2.45) is 5.92 Å². The highest BCUT2D eigenvalue weighted by molar-refractivity contribution is 7.13. The molecule has 8 heteroatoms. The number of hydrogen-bond donors (Lipinski definition) is 3. The molecule has 0 aliphatic carbocycles. The molecular weight excluding hydrogens is 318 g/mol. The van der Waals surface area contributed by atoms with Crippen LogP contribution in [-0.4, -0.2) is 28.4 Å². The molecule has 3 N–H and O–H groups in total. The first-order valence-electron chi connectivity index (χ1n) is 7.19. The van der Waals surface area contributed by atoms with Gasteiger partial charge in [-0.3, -0.25) is 9.59 Å². The fraction of sp³-hybridized carbons (Fsp3) is 0.400. The van der Waals surface area contributed by atoms with Gasteiger partial charge in [0, 0.05) is 11.3 Å². The molecule has 0 saturated heterocycles. The summed E-state index contributed by atoms with van der Waals surface area (Å²) in [6.45, 7) is 3.65. The second-order valence-corrected chi connectivity index (χ2v) is 6.16. The number of aliphatic hydroxyl groups excluding tert-OH is 1. The first-order chi connectivity index (χ1) is 11.0. The standard InChI is InChI=1S/C15H19N3O4S/c1-9(2)14(21)18-15-17-10(8-23-15)6-13(20)16-7-11(19)12-4-3-5-22-12/h3-5,8-9,11,19H,6-7H2,1-2H3,(H,16,20)(H,17,18,21). The molecule has 1 atom stereocenters. The van der Waals surface area contributed by atoms with Gasteiger partial charge in [0.05, 0.1) is 24.9 Å². The van der Waals surface area contributed by atoms with E-state index < -0.39 is 6.10 Å². The van der Waals surface area contributed by atoms with Gasteiger partial charge in [-0.15, -0.1) is 11.3 Å². The van der Waals surface area contributed by atoms with E-state index in [1.165, 1.54) is 17.6 Å². The van der Waals surface area contributed by atoms with E-state index in [0.717, 1.165) is 0 Å². The van der Waals surface area contributed by atoms with Gasteiger partial charge in [-0.1, -0.05) is 13.8 Å². The molecule has 0 fully saturated rings. The van der Waals surface area contributed by atoms with Crippen LogP contribution in [0.3, 0.4) is 0 Å². The molecule has 0 aliphatic heterocycles. The summed E-state index contributed by atoms with van der Waals surface area (Å²) in [5.41, 5.74) is 0.569. The largest absolute Gasteiger partial charge is 0.467 e. The van der Waals surface area contributed by atoms with Crippen LogP contribution in [0.15, 0.2) is 28.2 Å². The number of aliphatic hydroxyl groups is 1. The summed E-state index contributed by atoms with van der Waals surface area (Å²) in [5, 5.41) is 17.3. The molecule has 0 spiro atoms. The van der Waals surface area contributed by atoms with E-state index in [1.807, 2.05) is 0 Å². The van der Waals surface area contributed by atoms with Crippen molar-refractivity contribution in [1.29, 1.82) is 0 Å². The number of amides is 2. The van der Waals surface area contributed by atoms with Crippen LogP contribution in [0.25, 0.3) is 0 Å². The Kier molecular flexibility index (Phi) is 5.89. The third-order valence-electron chi connectivity index (χ3n) is 3.01. The molecule has 0 aromatic carbocycles. The van der Waals surface area contributed by atoms with Crippen LogP contribution in [0.4, 0.5) is 5.13 Å². The average molecular weight is 337 g/mol. The minimum Gasteiger partial charge on any atom is -0.467 e. The van der Waals surface area contributed by atoms with Crippen LogP contribution in [0.2, 0.25) is 0 Å². The molecule has 23 heavy (non-hydrogen) atoms. The summed E-state index contributed by atoms with van der Waals surface area (Å²) in [6, 6.07) is 3.31. The number of furan rings is 1. The maximum Gasteiger partial charge on any atom is 0.228 e. The number of anilines is 1. The van der Waals surface area contributed by atoms with Crippen LogP contribution in [0.1, 0.15) is 31.4 Å². The van der Waals surface area contributed by atoms with Gasteiger partial charge in [0.2, 0.25) is 11.8 Å². The smallest absolute Gasteiger partial charge is 0.228 e. The van der Waals surface area contributed by atoms with Crippen molar-refractivity contribution in [3.8, 4) is 0 Å². The molecule has 0 aliphatic rings. The number of thiazole rings is 1. The summed E-state index contributed by atoms with van der Waals surface area (Å²) in [6.07, 6.45) is 0.659. The van der Waals surface area contributed by atoms with Crippen LogP contribution in [-0.2, 0) is 16.0 Å². The molecule has 124 valence electrons. The van der Waals surface area contributed by atoms with E-state index in [0.29, 0.717) is 16.6 Å². The zero-order valence-corrected chi connectivity index (χ0v) is 13.7. The number of nitrogens with one attached hydrogen (secondary N) is 2. The Hall–Kier alpha value is -2.19. The van der Waals surface area contributed by atoms with E-state index in [-0.39, 0.29) is 30.7 Å². The van der Waals surface area contributed by atoms with Gasteiger partial charge in [-0.2, -0.15) is 0 Å². The zero-order chi connectivity index (χ0) is 16.8. The van der Waals surface area contributed by atoms with E-state index in [4.69, 9.17) is 4.42 Å². The Morgan fingerprint density at radius 2 is 2.22 bits per heavy atom. The Bertz CT molecular complexity index is 651. The number of hydrogen-bond acceptors (Lipinski definition) is 6. The van der Waals surface area contributed by atoms with E-state index in [2.05, 4.69) is 15.6 Å². The van der Waals surface area contributed by atoms with Crippen molar-refractivity contribution in [2.75, 3.05) is 11.9 Å². The maximum absolute atomic E-state index is 11.9. The lowest BCUT2D eigenvalue weighted by Crippen LogP contribution is -2.29. The first-order valence-corrected chi connectivity index (χ1v) is 8.07. The highest BCUT2D eigenvalue weighted by atomic mass is 32.1. The van der Waals surface area contributed by atoms with Crippen molar-refractivity contribution in [3.05, 3.63) is 35.2 Å². The predicted octanol–water partition coefficient (Wildman–Crippen LogP) is 1.72. The summed E-state index contributed by atoms with van der Waals surface area (Å²) >= 11 is 1.27. The molecule has 2 aromatic rings. The molecule has 2 amide bonds. The lowest BCUT2D eigenvalue weighted by atomic mass is 10.2. The molecule has 2 aromatic heterocycles. The Balaban J connectivity index is 1.79. The van der Waals surface area contributed by atoms with E-state index in [1.54, 1.807) is 31.4 Å². The number of nitrogens with zero attached hydrogens (tertiary/aromatic N) is 1. The summed E-state index contributed by atoms with van der Waals surface area (Å²) in [4.78, 5) is 27.6. The molecule has 0 saturated carbocycles. The number of carbonyl (C=O) groups is 2. The zero-order valence-electron chi connectivity index (χ0n) is 12.9. The van der Waals surface area contributed by atoms with Crippen LogP contribution >= 0.6 is 11.3 Å². The maximum atomic E-state index is 11.9. The quantitative estimate of drug-likeness (QED) is 0.713. The van der Waals surface area contributed by atoms with Gasteiger partial charge >= 0.3 is 0 Å². The van der Waals surface area contributed by atoms with Crippen molar-refractivity contribution in [3.63, 3.8) is 0 Å². The SMILES string of the molecule is CC(C)C(=O)Nc1nc(CC(=O)NCC(O)c2ccco2)cs1. The lowest BCUT2D eigenvalue weighted by Gasteiger charge is -2.08. The fourth-order valence-corrected chi connectivity index (χ4v) is 2.43. The second-order valence-electron chi connectivity index (χ2n) is 5.30. The Labute approximate surface area is 137 Å². The summed E-state index contributed by atoms with van der Waals surface area (Å²) < 4.78 is 5.05. The third kappa shape index (κ3) is 5.19. The van der Waals surface area contributed by atoms with E-state index in [9.17, 15) is 14.7 Å². The van der Waals surface area contributed by atoms with Crippen molar-refractivity contribution in [2.45, 2.75) is 26.4 Å². The van der Waals surface area contributed by atoms with Gasteiger partial charge in [0.1, 0.15) is 11.9 Å². The van der Waals surface area contributed by atoms with Gasteiger partial charge < -0.3 is 20.2 Å². The molecular formula is C15H19N3O4S. The molecule has 7 nitrogen and oxygen atoms in total. The van der Waals surface area contributed by atoms with Crippen molar-refractivity contribution >= 4 is 28.3 Å². The van der Waals surface area contributed by atoms with Gasteiger partial charge in [-0.05, 0) is 12.1 Å². The first kappa shape index (κ1) is 17.2. The van der Waals surface area contributed by atoms with Gasteiger partial charge in [0.25, 0.3) is 0 Å². The van der Waals surface area contributed by atoms with Crippen molar-refractivity contribution < 1.29 is 19.1 Å². The topological polar surface area (TPSA) is 104 Å². The monoisotopic (exact) mass is 337 g/mol. The van der Waals surface area contributed by atoms with Crippen LogP contribution in [0, 0.1) is 5.92 Å². The predicted molar refractivity (Wildman–Crippen MR) is 86.0 cm³/mol. The minimum atomic E-state index is -0.884. The Morgan fingerprint density at radius 1 is 1.43 bits per heavy atom. The second kappa shape index (κ2) is 7.89. The van der Waals surface area contributed by atoms with Gasteiger partial charge in [0.15, 0.2) is 5.13 Å². The van der Waals surface area contributed by atoms with Gasteiger partial charge in [-0.25, -0.2) is 4.98 Å². The Morgan fingerprint density at radius 3 is 2.87 bits per heavy atom. The fourth-order valence-electron chi connectivity index (χ4n) is 1.71. The highest BCUT2D eigenvalue weighted by Crippen LogP contribution is 2.17. The minimum absolute atomic E-state index is 0.0629.